The quantitative estimate of drug-likeness (QED) is 0.232. The minimum atomic E-state index is -2.13. The minimum absolute atomic E-state index is 0.149. The van der Waals surface area contributed by atoms with Crippen molar-refractivity contribution in [2.75, 3.05) is 6.16 Å². The first-order chi connectivity index (χ1) is 13.1. The molecule has 5 atom stereocenters. The van der Waals surface area contributed by atoms with Gasteiger partial charge in [0.2, 0.25) is 0 Å². The first-order valence-corrected chi connectivity index (χ1v) is 11.4. The number of hydrogen-bond donors (Lipinski definition) is 2. The van der Waals surface area contributed by atoms with Crippen molar-refractivity contribution in [2.24, 2.45) is 23.7 Å². The lowest BCUT2D eigenvalue weighted by atomic mass is 9.80. The topological polar surface area (TPSA) is 102 Å². The molecular formula is C19H34FNO6P+. The molecule has 1 saturated carbocycles. The molecule has 1 rings (SSSR count). The Morgan fingerprint density at radius 3 is 2.39 bits per heavy atom. The van der Waals surface area contributed by atoms with Gasteiger partial charge in [0.25, 0.3) is 6.29 Å². The van der Waals surface area contributed by atoms with Crippen molar-refractivity contribution >= 4 is 20.1 Å². The molecular weight excluding hydrogens is 388 g/mol. The molecule has 0 aromatic heterocycles. The fraction of sp³-hybridized carbons (Fsp3) is 0.895. The number of esters is 1. The van der Waals surface area contributed by atoms with Gasteiger partial charge in [0.1, 0.15) is 0 Å². The molecule has 2 N–H and O–H groups in total. The van der Waals surface area contributed by atoms with E-state index in [4.69, 9.17) is 14.4 Å². The van der Waals surface area contributed by atoms with Gasteiger partial charge in [-0.05, 0) is 36.2 Å². The van der Waals surface area contributed by atoms with Gasteiger partial charge in [0.15, 0.2) is 12.5 Å². The van der Waals surface area contributed by atoms with Gasteiger partial charge in [0.05, 0.1) is 5.92 Å². The number of rotatable bonds is 10. The lowest BCUT2D eigenvalue weighted by Crippen LogP contribution is -2.38. The fourth-order valence-corrected chi connectivity index (χ4v) is 4.09. The summed E-state index contributed by atoms with van der Waals surface area (Å²) in [6.07, 6.45) is 1.16. The molecule has 0 radical (unpaired) electrons. The molecule has 0 aromatic rings. The van der Waals surface area contributed by atoms with Gasteiger partial charge in [-0.3, -0.25) is 10.1 Å². The van der Waals surface area contributed by atoms with Crippen LogP contribution < -0.4 is 5.32 Å². The average Bonchev–Trinajstić information content (AvgIpc) is 2.58. The van der Waals surface area contributed by atoms with Crippen LogP contribution in [0, 0.1) is 23.7 Å². The summed E-state index contributed by atoms with van der Waals surface area (Å²) in [4.78, 5) is 32.7. The van der Waals surface area contributed by atoms with Crippen LogP contribution in [-0.4, -0.2) is 35.7 Å². The Morgan fingerprint density at radius 2 is 1.82 bits per heavy atom. The molecule has 0 spiro atoms. The molecule has 28 heavy (non-hydrogen) atoms. The SMILES string of the molecule is CC(C)C(=O)O[C@@H](OC(=O)NC(F)CCC1CCCC(C[P+](=O)O)C1)C(C)C. The molecule has 0 aromatic carbocycles. The highest BCUT2D eigenvalue weighted by molar-refractivity contribution is 7.38. The van der Waals surface area contributed by atoms with Gasteiger partial charge in [0, 0.05) is 11.8 Å². The number of carbonyl (C=O) groups is 2. The van der Waals surface area contributed by atoms with Crippen LogP contribution in [0.4, 0.5) is 9.18 Å². The van der Waals surface area contributed by atoms with E-state index in [0.29, 0.717) is 18.5 Å². The van der Waals surface area contributed by atoms with Gasteiger partial charge in [-0.1, -0.05) is 40.5 Å². The summed E-state index contributed by atoms with van der Waals surface area (Å²) in [6.45, 7) is 6.81. The van der Waals surface area contributed by atoms with Crippen molar-refractivity contribution in [2.45, 2.75) is 78.8 Å². The van der Waals surface area contributed by atoms with E-state index < -0.39 is 32.7 Å². The number of carbonyl (C=O) groups excluding carboxylic acids is 2. The molecule has 0 bridgehead atoms. The maximum Gasteiger partial charge on any atom is 0.505 e. The minimum Gasteiger partial charge on any atom is -0.425 e. The number of halogens is 1. The zero-order valence-corrected chi connectivity index (χ0v) is 18.1. The van der Waals surface area contributed by atoms with Crippen LogP contribution in [0.5, 0.6) is 0 Å². The Morgan fingerprint density at radius 1 is 1.18 bits per heavy atom. The normalized spacial score (nSPS) is 22.5. The zero-order chi connectivity index (χ0) is 21.3. The van der Waals surface area contributed by atoms with Crippen molar-refractivity contribution in [3.8, 4) is 0 Å². The number of nitrogens with one attached hydrogen (secondary N) is 1. The zero-order valence-electron chi connectivity index (χ0n) is 17.2. The van der Waals surface area contributed by atoms with Crippen molar-refractivity contribution < 1.29 is 32.9 Å². The van der Waals surface area contributed by atoms with Crippen LogP contribution in [0.15, 0.2) is 0 Å². The Balaban J connectivity index is 2.38. The molecule has 9 heteroatoms. The molecule has 0 aliphatic heterocycles. The monoisotopic (exact) mass is 422 g/mol. The van der Waals surface area contributed by atoms with Crippen LogP contribution in [0.3, 0.4) is 0 Å². The van der Waals surface area contributed by atoms with E-state index in [2.05, 4.69) is 5.32 Å². The summed E-state index contributed by atoms with van der Waals surface area (Å²) < 4.78 is 35.3. The number of hydrogen-bond acceptors (Lipinski definition) is 5. The second-order valence-corrected chi connectivity index (χ2v) is 9.30. The summed E-state index contributed by atoms with van der Waals surface area (Å²) in [5.74, 6) is -0.598. The Kier molecular flexibility index (Phi) is 10.9. The molecule has 162 valence electrons. The highest BCUT2D eigenvalue weighted by Crippen LogP contribution is 2.36. The van der Waals surface area contributed by atoms with E-state index >= 15 is 0 Å². The van der Waals surface area contributed by atoms with Gasteiger partial charge in [-0.2, -0.15) is 4.89 Å². The lowest BCUT2D eigenvalue weighted by Gasteiger charge is -2.27. The highest BCUT2D eigenvalue weighted by Gasteiger charge is 2.29. The smallest absolute Gasteiger partial charge is 0.425 e. The molecule has 4 unspecified atom stereocenters. The fourth-order valence-electron chi connectivity index (χ4n) is 3.32. The second kappa shape index (κ2) is 12.3. The molecule has 7 nitrogen and oxygen atoms in total. The largest absolute Gasteiger partial charge is 0.505 e. The lowest BCUT2D eigenvalue weighted by molar-refractivity contribution is -0.178. The van der Waals surface area contributed by atoms with Gasteiger partial charge < -0.3 is 9.47 Å². The van der Waals surface area contributed by atoms with E-state index in [1.54, 1.807) is 27.7 Å². The summed E-state index contributed by atoms with van der Waals surface area (Å²) in [5, 5.41) is 2.14. The second-order valence-electron chi connectivity index (χ2n) is 8.23. The standard InChI is InChI=1S/C19H33FNO6P/c1-12(2)17(22)26-18(13(3)4)27-19(23)21-16(20)9-8-14-6-5-7-15(10-14)11-28(24)25/h12-16,18H,5-11H2,1-4H3,(H-,21,23,24,25)/p+1/t14?,15?,16?,18-/m0/s1. The van der Waals surface area contributed by atoms with Gasteiger partial charge in [-0.25, -0.2) is 9.18 Å². The van der Waals surface area contributed by atoms with Crippen LogP contribution in [0.2, 0.25) is 0 Å². The van der Waals surface area contributed by atoms with Gasteiger partial charge >= 0.3 is 20.1 Å². The summed E-state index contributed by atoms with van der Waals surface area (Å²) >= 11 is 0. The Labute approximate surface area is 167 Å². The summed E-state index contributed by atoms with van der Waals surface area (Å²) in [6, 6.07) is 0. The Hall–Kier alpha value is -1.27. The maximum atomic E-state index is 14.2. The predicted octanol–water partition coefficient (Wildman–Crippen LogP) is 4.51. The number of alkyl halides is 1. The number of ether oxygens (including phenoxy) is 2. The first kappa shape index (κ1) is 24.8. The van der Waals surface area contributed by atoms with E-state index in [9.17, 15) is 18.5 Å². The Bertz CT molecular complexity index is 531. The molecule has 1 aliphatic rings. The number of alkyl carbamates (subject to hydrolysis) is 1. The van der Waals surface area contributed by atoms with Crippen molar-refractivity contribution in [1.82, 2.24) is 5.32 Å². The molecule has 1 fully saturated rings. The predicted molar refractivity (Wildman–Crippen MR) is 103 cm³/mol. The summed E-state index contributed by atoms with van der Waals surface area (Å²) in [5.41, 5.74) is 0. The van der Waals surface area contributed by atoms with Gasteiger partial charge in [-0.15, -0.1) is 0 Å². The molecule has 0 saturated heterocycles. The van der Waals surface area contributed by atoms with Crippen LogP contribution in [0.1, 0.15) is 66.2 Å². The third-order valence-corrected chi connectivity index (χ3v) is 5.71. The molecule has 0 heterocycles. The summed E-state index contributed by atoms with van der Waals surface area (Å²) in [7, 11) is -2.13. The highest BCUT2D eigenvalue weighted by atomic mass is 31.1. The van der Waals surface area contributed by atoms with E-state index in [-0.39, 0.29) is 24.2 Å². The van der Waals surface area contributed by atoms with Crippen LogP contribution in [0.25, 0.3) is 0 Å². The number of amides is 1. The third kappa shape index (κ3) is 9.78. The molecule has 1 amide bonds. The average molecular weight is 422 g/mol. The van der Waals surface area contributed by atoms with E-state index in [1.165, 1.54) is 0 Å². The third-order valence-electron chi connectivity index (χ3n) is 4.88. The molecule has 1 aliphatic carbocycles. The van der Waals surface area contributed by atoms with Crippen LogP contribution in [-0.2, 0) is 18.8 Å². The van der Waals surface area contributed by atoms with Crippen molar-refractivity contribution in [3.63, 3.8) is 0 Å². The van der Waals surface area contributed by atoms with E-state index in [0.717, 1.165) is 25.7 Å². The van der Waals surface area contributed by atoms with E-state index in [1.807, 2.05) is 0 Å². The van der Waals surface area contributed by atoms with Crippen molar-refractivity contribution in [3.05, 3.63) is 0 Å². The maximum absolute atomic E-state index is 14.2. The first-order valence-electron chi connectivity index (χ1n) is 10.0. The van der Waals surface area contributed by atoms with Crippen molar-refractivity contribution in [1.29, 1.82) is 0 Å². The van der Waals surface area contributed by atoms with Crippen LogP contribution >= 0.6 is 8.03 Å².